The van der Waals surface area contributed by atoms with Gasteiger partial charge in [-0.3, -0.25) is 14.5 Å². The average molecular weight is 458 g/mol. The fourth-order valence-electron chi connectivity index (χ4n) is 8.71. The van der Waals surface area contributed by atoms with Crippen LogP contribution in [0.15, 0.2) is 11.6 Å². The Labute approximate surface area is 199 Å². The lowest BCUT2D eigenvalue weighted by Gasteiger charge is -2.58. The van der Waals surface area contributed by atoms with Gasteiger partial charge in [0, 0.05) is 32.0 Å². The Bertz CT molecular complexity index is 802. The molecule has 5 aliphatic rings. The van der Waals surface area contributed by atoms with Crippen LogP contribution in [0, 0.1) is 34.5 Å². The summed E-state index contributed by atoms with van der Waals surface area (Å²) < 4.78 is 11.4. The minimum Gasteiger partial charge on any atom is -0.462 e. The second-order valence-electron chi connectivity index (χ2n) is 12.1. The van der Waals surface area contributed by atoms with E-state index in [0.29, 0.717) is 18.1 Å². The van der Waals surface area contributed by atoms with E-state index in [-0.39, 0.29) is 28.8 Å². The van der Waals surface area contributed by atoms with Crippen molar-refractivity contribution in [1.29, 1.82) is 0 Å². The second kappa shape index (κ2) is 9.11. The van der Waals surface area contributed by atoms with Crippen molar-refractivity contribution in [3.05, 3.63) is 11.6 Å². The van der Waals surface area contributed by atoms with E-state index >= 15 is 0 Å². The number of fused-ring (bicyclic) bond motifs is 5. The SMILES string of the molecule is CC(=O)C1CCC2C3CC=C4CC(OC(=O)CCN5CCOCC5)CCC4(C)C3CCC12C. The molecular weight excluding hydrogens is 414 g/mol. The molecule has 5 nitrogen and oxygen atoms in total. The van der Waals surface area contributed by atoms with Gasteiger partial charge in [-0.2, -0.15) is 0 Å². The quantitative estimate of drug-likeness (QED) is 0.439. The van der Waals surface area contributed by atoms with E-state index in [4.69, 9.17) is 9.47 Å². The molecule has 184 valence electrons. The van der Waals surface area contributed by atoms with Crippen molar-refractivity contribution in [2.45, 2.75) is 84.7 Å². The van der Waals surface area contributed by atoms with Crippen molar-refractivity contribution >= 4 is 11.8 Å². The van der Waals surface area contributed by atoms with Crippen LogP contribution in [0.2, 0.25) is 0 Å². The summed E-state index contributed by atoms with van der Waals surface area (Å²) in [7, 11) is 0. The summed E-state index contributed by atoms with van der Waals surface area (Å²) in [6.07, 6.45) is 12.0. The zero-order valence-corrected chi connectivity index (χ0v) is 20.9. The zero-order chi connectivity index (χ0) is 23.2. The topological polar surface area (TPSA) is 55.8 Å². The highest BCUT2D eigenvalue weighted by atomic mass is 16.5. The maximum atomic E-state index is 12.5. The average Bonchev–Trinajstić information content (AvgIpc) is 3.16. The highest BCUT2D eigenvalue weighted by Gasteiger charge is 2.59. The minimum atomic E-state index is -0.0426. The third-order valence-corrected chi connectivity index (χ3v) is 10.6. The molecule has 0 aromatic rings. The first-order valence-electron chi connectivity index (χ1n) is 13.5. The predicted octanol–water partition coefficient (Wildman–Crippen LogP) is 4.79. The van der Waals surface area contributed by atoms with Gasteiger partial charge in [0.25, 0.3) is 0 Å². The van der Waals surface area contributed by atoms with Gasteiger partial charge in [-0.1, -0.05) is 25.5 Å². The summed E-state index contributed by atoms with van der Waals surface area (Å²) in [6, 6.07) is 0. The molecule has 5 rings (SSSR count). The van der Waals surface area contributed by atoms with Gasteiger partial charge in [0.05, 0.1) is 19.6 Å². The van der Waals surface area contributed by atoms with E-state index < -0.39 is 0 Å². The van der Waals surface area contributed by atoms with Crippen LogP contribution in [0.1, 0.15) is 78.6 Å². The molecular formula is C28H43NO4. The Balaban J connectivity index is 1.21. The molecule has 0 aromatic heterocycles. The third-order valence-electron chi connectivity index (χ3n) is 10.6. The Hall–Kier alpha value is -1.20. The molecule has 7 unspecified atom stereocenters. The van der Waals surface area contributed by atoms with E-state index in [1.807, 2.05) is 6.92 Å². The lowest BCUT2D eigenvalue weighted by atomic mass is 9.47. The Morgan fingerprint density at radius 1 is 1.09 bits per heavy atom. The Kier molecular flexibility index (Phi) is 6.50. The maximum Gasteiger partial charge on any atom is 0.307 e. The number of ketones is 1. The smallest absolute Gasteiger partial charge is 0.307 e. The van der Waals surface area contributed by atoms with E-state index in [0.717, 1.165) is 76.8 Å². The molecule has 0 radical (unpaired) electrons. The van der Waals surface area contributed by atoms with Crippen LogP contribution in [0.3, 0.4) is 0 Å². The fourth-order valence-corrected chi connectivity index (χ4v) is 8.71. The van der Waals surface area contributed by atoms with Gasteiger partial charge in [-0.15, -0.1) is 0 Å². The standard InChI is InChI=1S/C28H43NO4/c1-19(30)23-6-7-24-22-5-4-20-18-21(33-26(31)10-13-29-14-16-32-17-15-29)8-11-27(20,2)25(22)9-12-28(23,24)3/h4,21-25H,5-18H2,1-3H3. The highest BCUT2D eigenvalue weighted by molar-refractivity contribution is 5.79. The van der Waals surface area contributed by atoms with Gasteiger partial charge in [0.1, 0.15) is 11.9 Å². The molecule has 0 bridgehead atoms. The molecule has 0 N–H and O–H groups in total. The van der Waals surface area contributed by atoms with Crippen molar-refractivity contribution in [2.24, 2.45) is 34.5 Å². The van der Waals surface area contributed by atoms with Crippen molar-refractivity contribution in [1.82, 2.24) is 4.90 Å². The van der Waals surface area contributed by atoms with E-state index in [9.17, 15) is 9.59 Å². The van der Waals surface area contributed by atoms with Crippen LogP contribution < -0.4 is 0 Å². The number of carbonyl (C=O) groups is 2. The fraction of sp³-hybridized carbons (Fsp3) is 0.857. The Morgan fingerprint density at radius 2 is 1.88 bits per heavy atom. The summed E-state index contributed by atoms with van der Waals surface area (Å²) in [5.41, 5.74) is 2.00. The molecule has 0 spiro atoms. The third kappa shape index (κ3) is 4.22. The van der Waals surface area contributed by atoms with Crippen molar-refractivity contribution in [2.75, 3.05) is 32.8 Å². The van der Waals surface area contributed by atoms with Crippen molar-refractivity contribution in [3.8, 4) is 0 Å². The molecule has 33 heavy (non-hydrogen) atoms. The minimum absolute atomic E-state index is 0.0421. The predicted molar refractivity (Wildman–Crippen MR) is 128 cm³/mol. The summed E-state index contributed by atoms with van der Waals surface area (Å²) in [6.45, 7) is 10.9. The first-order valence-corrected chi connectivity index (χ1v) is 13.5. The summed E-state index contributed by atoms with van der Waals surface area (Å²) >= 11 is 0. The first kappa shape index (κ1) is 23.5. The molecule has 1 heterocycles. The number of morpholine rings is 1. The van der Waals surface area contributed by atoms with E-state index in [1.54, 1.807) is 5.57 Å². The number of esters is 1. The molecule has 1 aliphatic heterocycles. The van der Waals surface area contributed by atoms with Crippen LogP contribution in [-0.2, 0) is 19.1 Å². The van der Waals surface area contributed by atoms with Crippen LogP contribution in [0.25, 0.3) is 0 Å². The molecule has 4 fully saturated rings. The Morgan fingerprint density at radius 3 is 2.64 bits per heavy atom. The van der Waals surface area contributed by atoms with Crippen molar-refractivity contribution in [3.63, 3.8) is 0 Å². The number of Topliss-reactive ketones (excluding diaryl/α,β-unsaturated/α-hetero) is 1. The maximum absolute atomic E-state index is 12.5. The summed E-state index contributed by atoms with van der Waals surface area (Å²) in [4.78, 5) is 27.2. The highest BCUT2D eigenvalue weighted by Crippen LogP contribution is 2.66. The molecule has 1 saturated heterocycles. The first-order chi connectivity index (χ1) is 15.8. The van der Waals surface area contributed by atoms with Gasteiger partial charge in [-0.25, -0.2) is 0 Å². The molecule has 0 amide bonds. The van der Waals surface area contributed by atoms with Gasteiger partial charge >= 0.3 is 5.97 Å². The van der Waals surface area contributed by atoms with E-state index in [2.05, 4.69) is 24.8 Å². The monoisotopic (exact) mass is 457 g/mol. The van der Waals surface area contributed by atoms with Crippen molar-refractivity contribution < 1.29 is 19.1 Å². The number of nitrogens with zero attached hydrogens (tertiary/aromatic N) is 1. The second-order valence-corrected chi connectivity index (χ2v) is 12.1. The zero-order valence-electron chi connectivity index (χ0n) is 20.9. The molecule has 4 aliphatic carbocycles. The lowest BCUT2D eigenvalue weighted by Crippen LogP contribution is -2.51. The molecule has 5 heteroatoms. The number of hydrogen-bond donors (Lipinski definition) is 0. The van der Waals surface area contributed by atoms with Gasteiger partial charge in [0.15, 0.2) is 0 Å². The van der Waals surface area contributed by atoms with Crippen LogP contribution in [0.4, 0.5) is 0 Å². The van der Waals surface area contributed by atoms with Gasteiger partial charge < -0.3 is 9.47 Å². The molecule has 7 atom stereocenters. The number of allylic oxidation sites excluding steroid dienone is 1. The molecule has 3 saturated carbocycles. The lowest BCUT2D eigenvalue weighted by molar-refractivity contribution is -0.152. The number of ether oxygens (including phenoxy) is 2. The number of carbonyl (C=O) groups excluding carboxylic acids is 2. The van der Waals surface area contributed by atoms with Gasteiger partial charge in [0.2, 0.25) is 0 Å². The van der Waals surface area contributed by atoms with Crippen LogP contribution in [0.5, 0.6) is 0 Å². The van der Waals surface area contributed by atoms with Crippen LogP contribution >= 0.6 is 0 Å². The largest absolute Gasteiger partial charge is 0.462 e. The van der Waals surface area contributed by atoms with Gasteiger partial charge in [-0.05, 0) is 80.5 Å². The summed E-state index contributed by atoms with van der Waals surface area (Å²) in [5, 5.41) is 0. The normalized spacial score (nSPS) is 43.1. The molecule has 0 aromatic carbocycles. The number of rotatable bonds is 5. The number of hydrogen-bond acceptors (Lipinski definition) is 5. The van der Waals surface area contributed by atoms with Crippen LogP contribution in [-0.4, -0.2) is 55.6 Å². The summed E-state index contributed by atoms with van der Waals surface area (Å²) in [5.74, 6) is 2.77. The van der Waals surface area contributed by atoms with E-state index in [1.165, 1.54) is 19.3 Å².